The zero-order valence-electron chi connectivity index (χ0n) is 11.7. The summed E-state index contributed by atoms with van der Waals surface area (Å²) in [6.07, 6.45) is 0.271. The zero-order valence-corrected chi connectivity index (χ0v) is 11.7. The Labute approximate surface area is 121 Å². The van der Waals surface area contributed by atoms with Crippen molar-refractivity contribution in [2.75, 3.05) is 0 Å². The Kier molecular flexibility index (Phi) is 3.44. The number of aromatic nitrogens is 1. The highest BCUT2D eigenvalue weighted by Crippen LogP contribution is 2.13. The second kappa shape index (κ2) is 5.40. The summed E-state index contributed by atoms with van der Waals surface area (Å²) in [5, 5.41) is 0. The van der Waals surface area contributed by atoms with Gasteiger partial charge in [-0.25, -0.2) is 4.79 Å². The number of ketones is 1. The lowest BCUT2D eigenvalue weighted by Crippen LogP contribution is -2.16. The second-order valence-corrected chi connectivity index (χ2v) is 5.03. The molecule has 0 saturated heterocycles. The highest BCUT2D eigenvalue weighted by atomic mass is 16.4. The van der Waals surface area contributed by atoms with E-state index in [2.05, 4.69) is 0 Å². The molecule has 0 atom stereocenters. The third-order valence-electron chi connectivity index (χ3n) is 3.48. The first-order valence-corrected chi connectivity index (χ1v) is 6.83. The molecule has 0 aliphatic carbocycles. The molecule has 0 aliphatic rings. The van der Waals surface area contributed by atoms with Gasteiger partial charge in [0.2, 0.25) is 0 Å². The summed E-state index contributed by atoms with van der Waals surface area (Å²) in [6.45, 7) is 2.27. The molecule has 0 aliphatic heterocycles. The SMILES string of the molecule is Cc1cccc(C(=O)CCn2c(=O)oc3ccccc32)c1. The summed E-state index contributed by atoms with van der Waals surface area (Å²) < 4.78 is 6.66. The second-order valence-electron chi connectivity index (χ2n) is 5.03. The molecule has 1 aromatic heterocycles. The standard InChI is InChI=1S/C17H15NO3/c1-12-5-4-6-13(11-12)15(19)9-10-18-14-7-2-3-8-16(14)21-17(18)20/h2-8,11H,9-10H2,1H3. The van der Waals surface area contributed by atoms with Crippen molar-refractivity contribution in [3.8, 4) is 0 Å². The van der Waals surface area contributed by atoms with E-state index in [0.717, 1.165) is 11.1 Å². The molecule has 3 aromatic rings. The van der Waals surface area contributed by atoms with Gasteiger partial charge in [0.25, 0.3) is 0 Å². The van der Waals surface area contributed by atoms with E-state index in [1.807, 2.05) is 43.3 Å². The molecule has 0 N–H and O–H groups in total. The van der Waals surface area contributed by atoms with Crippen molar-refractivity contribution in [1.82, 2.24) is 4.57 Å². The highest BCUT2D eigenvalue weighted by Gasteiger charge is 2.11. The molecule has 0 bridgehead atoms. The number of carbonyl (C=O) groups excluding carboxylic acids is 1. The molecule has 0 spiro atoms. The predicted molar refractivity (Wildman–Crippen MR) is 80.6 cm³/mol. The minimum Gasteiger partial charge on any atom is -0.408 e. The molecule has 1 heterocycles. The van der Waals surface area contributed by atoms with Gasteiger partial charge in [-0.15, -0.1) is 0 Å². The van der Waals surface area contributed by atoms with Crippen LogP contribution in [-0.4, -0.2) is 10.4 Å². The Bertz CT molecular complexity index is 858. The van der Waals surface area contributed by atoms with Crippen LogP contribution in [0.4, 0.5) is 0 Å². The number of benzene rings is 2. The van der Waals surface area contributed by atoms with Gasteiger partial charge in [0, 0.05) is 18.5 Å². The van der Waals surface area contributed by atoms with Crippen molar-refractivity contribution in [3.05, 3.63) is 70.2 Å². The summed E-state index contributed by atoms with van der Waals surface area (Å²) in [6, 6.07) is 14.7. The number of hydrogen-bond acceptors (Lipinski definition) is 3. The molecule has 4 nitrogen and oxygen atoms in total. The number of para-hydroxylation sites is 2. The third-order valence-corrected chi connectivity index (χ3v) is 3.48. The van der Waals surface area contributed by atoms with E-state index >= 15 is 0 Å². The monoisotopic (exact) mass is 281 g/mol. The first-order chi connectivity index (χ1) is 10.1. The van der Waals surface area contributed by atoms with Crippen molar-refractivity contribution in [3.63, 3.8) is 0 Å². The molecule has 0 amide bonds. The maximum absolute atomic E-state index is 12.2. The number of hydrogen-bond donors (Lipinski definition) is 0. The van der Waals surface area contributed by atoms with Crippen LogP contribution in [0.25, 0.3) is 11.1 Å². The van der Waals surface area contributed by atoms with Crippen molar-refractivity contribution in [1.29, 1.82) is 0 Å². The fourth-order valence-electron chi connectivity index (χ4n) is 2.40. The molecule has 21 heavy (non-hydrogen) atoms. The van der Waals surface area contributed by atoms with Crippen molar-refractivity contribution >= 4 is 16.9 Å². The lowest BCUT2D eigenvalue weighted by molar-refractivity contribution is 0.0977. The summed E-state index contributed by atoms with van der Waals surface area (Å²) in [5.41, 5.74) is 2.99. The quantitative estimate of drug-likeness (QED) is 0.690. The number of carbonyl (C=O) groups is 1. The number of oxazole rings is 1. The normalized spacial score (nSPS) is 10.9. The summed E-state index contributed by atoms with van der Waals surface area (Å²) >= 11 is 0. The maximum Gasteiger partial charge on any atom is 0.419 e. The van der Waals surface area contributed by atoms with Crippen molar-refractivity contribution in [2.24, 2.45) is 0 Å². The number of Topliss-reactive ketones (excluding diaryl/α,β-unsaturated/α-hetero) is 1. The lowest BCUT2D eigenvalue weighted by Gasteiger charge is -2.03. The van der Waals surface area contributed by atoms with E-state index in [0.29, 0.717) is 17.7 Å². The van der Waals surface area contributed by atoms with E-state index in [9.17, 15) is 9.59 Å². The Morgan fingerprint density at radius 2 is 1.95 bits per heavy atom. The molecular formula is C17H15NO3. The summed E-state index contributed by atoms with van der Waals surface area (Å²) in [5.74, 6) is -0.399. The molecule has 2 aromatic carbocycles. The van der Waals surface area contributed by atoms with Gasteiger partial charge in [-0.1, -0.05) is 35.9 Å². The van der Waals surface area contributed by atoms with Gasteiger partial charge in [-0.05, 0) is 25.1 Å². The Balaban J connectivity index is 1.82. The van der Waals surface area contributed by atoms with Gasteiger partial charge in [0.15, 0.2) is 11.4 Å². The van der Waals surface area contributed by atoms with Crippen molar-refractivity contribution < 1.29 is 9.21 Å². The average Bonchev–Trinajstić information content (AvgIpc) is 2.80. The van der Waals surface area contributed by atoms with E-state index < -0.39 is 5.76 Å². The summed E-state index contributed by atoms with van der Waals surface area (Å²) in [4.78, 5) is 24.0. The van der Waals surface area contributed by atoms with Gasteiger partial charge in [-0.3, -0.25) is 9.36 Å². The van der Waals surface area contributed by atoms with Crippen LogP contribution in [0.2, 0.25) is 0 Å². The van der Waals surface area contributed by atoms with Crippen LogP contribution >= 0.6 is 0 Å². The highest BCUT2D eigenvalue weighted by molar-refractivity contribution is 5.96. The summed E-state index contributed by atoms with van der Waals surface area (Å²) in [7, 11) is 0. The van der Waals surface area contributed by atoms with E-state index in [-0.39, 0.29) is 12.2 Å². The van der Waals surface area contributed by atoms with Crippen LogP contribution in [0.5, 0.6) is 0 Å². The van der Waals surface area contributed by atoms with Crippen LogP contribution in [0, 0.1) is 6.92 Å². The fraction of sp³-hybridized carbons (Fsp3) is 0.176. The Hall–Kier alpha value is -2.62. The van der Waals surface area contributed by atoms with Crippen LogP contribution in [-0.2, 0) is 6.54 Å². The van der Waals surface area contributed by atoms with E-state index in [4.69, 9.17) is 4.42 Å². The molecule has 4 heteroatoms. The van der Waals surface area contributed by atoms with Crippen LogP contribution in [0.15, 0.2) is 57.7 Å². The molecule has 0 radical (unpaired) electrons. The van der Waals surface area contributed by atoms with Gasteiger partial charge >= 0.3 is 5.76 Å². The first kappa shape index (κ1) is 13.4. The minimum absolute atomic E-state index is 0.0240. The molecule has 0 unspecified atom stereocenters. The third kappa shape index (κ3) is 2.65. The number of fused-ring (bicyclic) bond motifs is 1. The van der Waals surface area contributed by atoms with E-state index in [1.54, 1.807) is 12.1 Å². The molecular weight excluding hydrogens is 266 g/mol. The predicted octanol–water partition coefficient (Wildman–Crippen LogP) is 3.18. The number of aryl methyl sites for hydroxylation is 2. The largest absolute Gasteiger partial charge is 0.419 e. The lowest BCUT2D eigenvalue weighted by atomic mass is 10.1. The minimum atomic E-state index is -0.423. The zero-order chi connectivity index (χ0) is 14.8. The number of nitrogens with zero attached hydrogens (tertiary/aromatic N) is 1. The molecule has 0 saturated carbocycles. The van der Waals surface area contributed by atoms with Gasteiger partial charge in [0.05, 0.1) is 5.52 Å². The Morgan fingerprint density at radius 1 is 1.14 bits per heavy atom. The van der Waals surface area contributed by atoms with Gasteiger partial charge < -0.3 is 4.42 Å². The smallest absolute Gasteiger partial charge is 0.408 e. The van der Waals surface area contributed by atoms with Crippen LogP contribution in [0.1, 0.15) is 22.3 Å². The maximum atomic E-state index is 12.2. The molecule has 106 valence electrons. The molecule has 3 rings (SSSR count). The van der Waals surface area contributed by atoms with Crippen LogP contribution < -0.4 is 5.76 Å². The van der Waals surface area contributed by atoms with Crippen LogP contribution in [0.3, 0.4) is 0 Å². The number of rotatable bonds is 4. The first-order valence-electron chi connectivity index (χ1n) is 6.83. The van der Waals surface area contributed by atoms with Gasteiger partial charge in [0.1, 0.15) is 0 Å². The fourth-order valence-corrected chi connectivity index (χ4v) is 2.40. The van der Waals surface area contributed by atoms with E-state index in [1.165, 1.54) is 4.57 Å². The topological polar surface area (TPSA) is 52.2 Å². The van der Waals surface area contributed by atoms with Crippen molar-refractivity contribution in [2.45, 2.75) is 19.9 Å². The Morgan fingerprint density at radius 3 is 2.76 bits per heavy atom. The van der Waals surface area contributed by atoms with Gasteiger partial charge in [-0.2, -0.15) is 0 Å². The average molecular weight is 281 g/mol. The molecule has 0 fully saturated rings.